The summed E-state index contributed by atoms with van der Waals surface area (Å²) in [6.45, 7) is 8.81. The highest BCUT2D eigenvalue weighted by Gasteiger charge is 2.23. The third-order valence-corrected chi connectivity index (χ3v) is 6.82. The second-order valence-corrected chi connectivity index (χ2v) is 9.44. The van der Waals surface area contributed by atoms with E-state index in [1.165, 1.54) is 24.0 Å². The van der Waals surface area contributed by atoms with Gasteiger partial charge in [0.05, 0.1) is 10.0 Å². The van der Waals surface area contributed by atoms with Crippen LogP contribution in [0, 0.1) is 11.8 Å². The fourth-order valence-corrected chi connectivity index (χ4v) is 4.42. The second-order valence-electron chi connectivity index (χ2n) is 8.63. The Bertz CT molecular complexity index is 785. The minimum Gasteiger partial charge on any atom is -0.398 e. The minimum atomic E-state index is 0.459. The summed E-state index contributed by atoms with van der Waals surface area (Å²) in [6, 6.07) is 14.6. The first-order valence-corrected chi connectivity index (χ1v) is 11.4. The second kappa shape index (κ2) is 10.7. The standard InChI is InChI=1S/C24H33Cl2N3/c1-17(2)24(28-15-20-5-3-4-6-23(20)27)16-29-11-9-18(10-12-29)13-19-7-8-21(25)22(26)14-19/h3-8,14,17-18,24,28H,9-13,15-16,27H2,1-2H3. The molecule has 3 N–H and O–H groups in total. The van der Waals surface area contributed by atoms with Crippen LogP contribution in [0.5, 0.6) is 0 Å². The highest BCUT2D eigenvalue weighted by Crippen LogP contribution is 2.27. The Morgan fingerprint density at radius 3 is 2.45 bits per heavy atom. The van der Waals surface area contributed by atoms with Crippen LogP contribution in [-0.2, 0) is 13.0 Å². The lowest BCUT2D eigenvalue weighted by molar-refractivity contribution is 0.155. The average molecular weight is 434 g/mol. The van der Waals surface area contributed by atoms with Crippen molar-refractivity contribution in [3.05, 3.63) is 63.6 Å². The molecular weight excluding hydrogens is 401 g/mol. The van der Waals surface area contributed by atoms with Crippen LogP contribution in [0.25, 0.3) is 0 Å². The molecule has 1 fully saturated rings. The quantitative estimate of drug-likeness (QED) is 0.528. The van der Waals surface area contributed by atoms with Crippen molar-refractivity contribution in [3.63, 3.8) is 0 Å². The molecule has 0 aliphatic carbocycles. The lowest BCUT2D eigenvalue weighted by Crippen LogP contribution is -2.46. The van der Waals surface area contributed by atoms with Gasteiger partial charge in [0.25, 0.3) is 0 Å². The highest BCUT2D eigenvalue weighted by molar-refractivity contribution is 6.42. The molecule has 1 unspecified atom stereocenters. The molecule has 0 spiro atoms. The van der Waals surface area contributed by atoms with Gasteiger partial charge in [-0.15, -0.1) is 0 Å². The maximum atomic E-state index is 6.17. The summed E-state index contributed by atoms with van der Waals surface area (Å²) >= 11 is 12.2. The van der Waals surface area contributed by atoms with Crippen molar-refractivity contribution in [2.75, 3.05) is 25.4 Å². The number of hydrogen-bond donors (Lipinski definition) is 2. The van der Waals surface area contributed by atoms with Crippen molar-refractivity contribution in [1.82, 2.24) is 10.2 Å². The van der Waals surface area contributed by atoms with E-state index in [1.807, 2.05) is 24.3 Å². The number of para-hydroxylation sites is 1. The fourth-order valence-electron chi connectivity index (χ4n) is 4.10. The molecule has 0 bridgehead atoms. The molecule has 0 saturated carbocycles. The molecule has 0 radical (unpaired) electrons. The molecule has 3 nitrogen and oxygen atoms in total. The number of nitrogen functional groups attached to an aromatic ring is 1. The van der Waals surface area contributed by atoms with Crippen molar-refractivity contribution >= 4 is 28.9 Å². The summed E-state index contributed by atoms with van der Waals surface area (Å²) in [5.41, 5.74) is 9.43. The zero-order chi connectivity index (χ0) is 20.8. The Labute approximate surface area is 185 Å². The van der Waals surface area contributed by atoms with Crippen LogP contribution in [0.4, 0.5) is 5.69 Å². The molecule has 1 saturated heterocycles. The first-order valence-electron chi connectivity index (χ1n) is 10.7. The molecule has 1 heterocycles. The van der Waals surface area contributed by atoms with E-state index in [4.69, 9.17) is 28.9 Å². The van der Waals surface area contributed by atoms with Gasteiger partial charge < -0.3 is 16.0 Å². The van der Waals surface area contributed by atoms with Crippen molar-refractivity contribution in [2.45, 2.75) is 45.7 Å². The third kappa shape index (κ3) is 6.62. The largest absolute Gasteiger partial charge is 0.398 e. The van der Waals surface area contributed by atoms with E-state index in [9.17, 15) is 0 Å². The molecule has 0 aromatic heterocycles. The molecule has 2 aromatic carbocycles. The summed E-state index contributed by atoms with van der Waals surface area (Å²) in [5.74, 6) is 1.30. The number of nitrogens with zero attached hydrogens (tertiary/aromatic N) is 1. The lowest BCUT2D eigenvalue weighted by atomic mass is 9.89. The van der Waals surface area contributed by atoms with E-state index >= 15 is 0 Å². The maximum absolute atomic E-state index is 6.17. The molecule has 1 aliphatic rings. The van der Waals surface area contributed by atoms with Crippen LogP contribution < -0.4 is 11.1 Å². The molecule has 29 heavy (non-hydrogen) atoms. The molecule has 1 atom stereocenters. The van der Waals surface area contributed by atoms with Crippen molar-refractivity contribution < 1.29 is 0 Å². The molecule has 3 rings (SSSR count). The van der Waals surface area contributed by atoms with Gasteiger partial charge in [-0.2, -0.15) is 0 Å². The van der Waals surface area contributed by atoms with Gasteiger partial charge in [0.15, 0.2) is 0 Å². The zero-order valence-electron chi connectivity index (χ0n) is 17.5. The fraction of sp³-hybridized carbons (Fsp3) is 0.500. The molecule has 0 amide bonds. The van der Waals surface area contributed by atoms with E-state index < -0.39 is 0 Å². The monoisotopic (exact) mass is 433 g/mol. The van der Waals surface area contributed by atoms with Gasteiger partial charge in [0.2, 0.25) is 0 Å². The molecule has 5 heteroatoms. The van der Waals surface area contributed by atoms with E-state index in [-0.39, 0.29) is 0 Å². The van der Waals surface area contributed by atoms with Crippen LogP contribution in [0.3, 0.4) is 0 Å². The van der Waals surface area contributed by atoms with E-state index in [0.717, 1.165) is 44.2 Å². The number of halogens is 2. The molecule has 2 aromatic rings. The normalized spacial score (nSPS) is 17.0. The topological polar surface area (TPSA) is 41.3 Å². The van der Waals surface area contributed by atoms with Crippen LogP contribution in [0.15, 0.2) is 42.5 Å². The van der Waals surface area contributed by atoms with E-state index in [0.29, 0.717) is 22.0 Å². The molecular formula is C24H33Cl2N3. The number of nitrogens with one attached hydrogen (secondary N) is 1. The van der Waals surface area contributed by atoms with Crippen LogP contribution in [0.1, 0.15) is 37.8 Å². The number of likely N-dealkylation sites (tertiary alicyclic amines) is 1. The van der Waals surface area contributed by atoms with Gasteiger partial charge in [-0.25, -0.2) is 0 Å². The molecule has 1 aliphatic heterocycles. The SMILES string of the molecule is CC(C)C(CN1CCC(Cc2ccc(Cl)c(Cl)c2)CC1)NCc1ccccc1N. The summed E-state index contributed by atoms with van der Waals surface area (Å²) in [5, 5.41) is 5.03. The van der Waals surface area contributed by atoms with Gasteiger partial charge in [0, 0.05) is 24.8 Å². The van der Waals surface area contributed by atoms with Gasteiger partial charge in [0.1, 0.15) is 0 Å². The van der Waals surface area contributed by atoms with Crippen molar-refractivity contribution in [3.8, 4) is 0 Å². The van der Waals surface area contributed by atoms with Crippen LogP contribution in [-0.4, -0.2) is 30.6 Å². The van der Waals surface area contributed by atoms with E-state index in [1.54, 1.807) is 0 Å². The first kappa shape index (κ1) is 22.4. The zero-order valence-corrected chi connectivity index (χ0v) is 19.0. The number of anilines is 1. The predicted octanol–water partition coefficient (Wildman–Crippen LogP) is 5.64. The summed E-state index contributed by atoms with van der Waals surface area (Å²) in [6.07, 6.45) is 3.55. The highest BCUT2D eigenvalue weighted by atomic mass is 35.5. The summed E-state index contributed by atoms with van der Waals surface area (Å²) < 4.78 is 0. The first-order chi connectivity index (χ1) is 13.9. The predicted molar refractivity (Wildman–Crippen MR) is 126 cm³/mol. The number of benzene rings is 2. The van der Waals surface area contributed by atoms with E-state index in [2.05, 4.69) is 42.3 Å². The summed E-state index contributed by atoms with van der Waals surface area (Å²) in [7, 11) is 0. The van der Waals surface area contributed by atoms with Gasteiger partial charge in [-0.1, -0.05) is 61.3 Å². The number of nitrogens with two attached hydrogens (primary N) is 1. The van der Waals surface area contributed by atoms with Crippen LogP contribution >= 0.6 is 23.2 Å². The Kier molecular flexibility index (Phi) is 8.25. The smallest absolute Gasteiger partial charge is 0.0595 e. The number of piperidine rings is 1. The van der Waals surface area contributed by atoms with Crippen LogP contribution in [0.2, 0.25) is 10.0 Å². The van der Waals surface area contributed by atoms with Gasteiger partial charge in [-0.3, -0.25) is 0 Å². The minimum absolute atomic E-state index is 0.459. The van der Waals surface area contributed by atoms with Crippen molar-refractivity contribution in [2.24, 2.45) is 11.8 Å². The Balaban J connectivity index is 1.47. The third-order valence-electron chi connectivity index (χ3n) is 6.08. The number of hydrogen-bond acceptors (Lipinski definition) is 3. The Morgan fingerprint density at radius 2 is 1.79 bits per heavy atom. The van der Waals surface area contributed by atoms with Crippen molar-refractivity contribution in [1.29, 1.82) is 0 Å². The Hall–Kier alpha value is -1.26. The maximum Gasteiger partial charge on any atom is 0.0595 e. The number of rotatable bonds is 8. The molecule has 158 valence electrons. The average Bonchev–Trinajstić information content (AvgIpc) is 2.70. The van der Waals surface area contributed by atoms with Gasteiger partial charge in [-0.05, 0) is 73.5 Å². The summed E-state index contributed by atoms with van der Waals surface area (Å²) in [4.78, 5) is 2.61. The Morgan fingerprint density at radius 1 is 1.07 bits per heavy atom. The van der Waals surface area contributed by atoms with Gasteiger partial charge >= 0.3 is 0 Å². The lowest BCUT2D eigenvalue weighted by Gasteiger charge is -2.36.